The monoisotopic (exact) mass is 267 g/mol. The zero-order valence-corrected chi connectivity index (χ0v) is 10.2. The Morgan fingerprint density at radius 3 is 3.00 bits per heavy atom. The van der Waals surface area contributed by atoms with Gasteiger partial charge in [0.05, 0.1) is 22.8 Å². The van der Waals surface area contributed by atoms with E-state index in [1.165, 1.54) is 12.1 Å². The highest BCUT2D eigenvalue weighted by Gasteiger charge is 2.23. The topological polar surface area (TPSA) is 114 Å². The van der Waals surface area contributed by atoms with E-state index in [0.717, 1.165) is 0 Å². The molecular formula is C11H13N3O5. The van der Waals surface area contributed by atoms with Crippen molar-refractivity contribution in [3.8, 4) is 5.75 Å². The van der Waals surface area contributed by atoms with E-state index in [1.54, 1.807) is 6.92 Å². The Hall–Kier alpha value is -2.35. The van der Waals surface area contributed by atoms with Crippen molar-refractivity contribution >= 4 is 23.0 Å². The minimum atomic E-state index is -0.651. The van der Waals surface area contributed by atoms with Gasteiger partial charge in [-0.25, -0.2) is 0 Å². The maximum Gasteiger partial charge on any atom is 0.296 e. The second-order valence-electron chi connectivity index (χ2n) is 4.19. The number of nitro groups is 1. The lowest BCUT2D eigenvalue weighted by molar-refractivity contribution is -0.384. The third kappa shape index (κ3) is 2.91. The van der Waals surface area contributed by atoms with Crippen LogP contribution in [0.2, 0.25) is 0 Å². The lowest BCUT2D eigenvalue weighted by Gasteiger charge is -2.19. The zero-order valence-electron chi connectivity index (χ0n) is 10.2. The van der Waals surface area contributed by atoms with Gasteiger partial charge in [-0.2, -0.15) is 0 Å². The van der Waals surface area contributed by atoms with Crippen molar-refractivity contribution in [2.45, 2.75) is 13.0 Å². The molecule has 1 aliphatic rings. The van der Waals surface area contributed by atoms with Crippen LogP contribution in [0, 0.1) is 10.1 Å². The number of fused-ring (bicyclic) bond motifs is 1. The van der Waals surface area contributed by atoms with Crippen LogP contribution in [0.5, 0.6) is 5.75 Å². The Morgan fingerprint density at radius 1 is 1.63 bits per heavy atom. The van der Waals surface area contributed by atoms with Crippen molar-refractivity contribution in [3.63, 3.8) is 0 Å². The first-order valence-corrected chi connectivity index (χ1v) is 5.64. The smallest absolute Gasteiger partial charge is 0.296 e. The number of carbonyl (C=O) groups excluding carboxylic acids is 1. The van der Waals surface area contributed by atoms with Gasteiger partial charge in [0.15, 0.2) is 12.4 Å². The summed E-state index contributed by atoms with van der Waals surface area (Å²) in [6, 6.07) is 2.67. The number of aliphatic hydroxyl groups excluding tert-OH is 1. The van der Waals surface area contributed by atoms with Crippen LogP contribution in [0.15, 0.2) is 12.1 Å². The predicted molar refractivity (Wildman–Crippen MR) is 67.4 cm³/mol. The average Bonchev–Trinajstić information content (AvgIpc) is 2.34. The Labute approximate surface area is 108 Å². The summed E-state index contributed by atoms with van der Waals surface area (Å²) < 4.78 is 5.11. The fourth-order valence-electron chi connectivity index (χ4n) is 1.67. The molecule has 0 bridgehead atoms. The van der Waals surface area contributed by atoms with Gasteiger partial charge in [-0.1, -0.05) is 0 Å². The number of carbonyl (C=O) groups is 1. The van der Waals surface area contributed by atoms with Gasteiger partial charge in [0.25, 0.3) is 11.6 Å². The first-order valence-electron chi connectivity index (χ1n) is 5.64. The second-order valence-corrected chi connectivity index (χ2v) is 4.19. The summed E-state index contributed by atoms with van der Waals surface area (Å²) in [4.78, 5) is 21.6. The Balaban J connectivity index is 2.36. The predicted octanol–water partition coefficient (Wildman–Crippen LogP) is 0.718. The minimum Gasteiger partial charge on any atom is -0.481 e. The SMILES string of the molecule is CC(O)CNc1cc2c(cc1[N+](=O)[O-])OCC(=O)N2. The van der Waals surface area contributed by atoms with Crippen LogP contribution in [-0.4, -0.2) is 35.2 Å². The summed E-state index contributed by atoms with van der Waals surface area (Å²) in [6.45, 7) is 1.56. The fourth-order valence-corrected chi connectivity index (χ4v) is 1.67. The summed E-state index contributed by atoms with van der Waals surface area (Å²) in [5.74, 6) is -0.0586. The van der Waals surface area contributed by atoms with Gasteiger partial charge < -0.3 is 20.5 Å². The molecule has 1 aromatic rings. The van der Waals surface area contributed by atoms with Gasteiger partial charge in [0.1, 0.15) is 5.69 Å². The van der Waals surface area contributed by atoms with Crippen LogP contribution in [0.25, 0.3) is 0 Å². The molecule has 1 heterocycles. The van der Waals surface area contributed by atoms with Gasteiger partial charge in [-0.15, -0.1) is 0 Å². The van der Waals surface area contributed by atoms with Crippen molar-refractivity contribution in [3.05, 3.63) is 22.2 Å². The van der Waals surface area contributed by atoms with Crippen LogP contribution >= 0.6 is 0 Å². The molecule has 1 aliphatic heterocycles. The van der Waals surface area contributed by atoms with Crippen molar-refractivity contribution in [1.29, 1.82) is 0 Å². The minimum absolute atomic E-state index is 0.161. The number of nitrogens with one attached hydrogen (secondary N) is 2. The summed E-state index contributed by atoms with van der Waals surface area (Å²) in [6.07, 6.45) is -0.651. The van der Waals surface area contributed by atoms with Crippen LogP contribution in [0.1, 0.15) is 6.92 Å². The highest BCUT2D eigenvalue weighted by molar-refractivity contribution is 5.96. The van der Waals surface area contributed by atoms with E-state index in [-0.39, 0.29) is 36.2 Å². The lowest BCUT2D eigenvalue weighted by Crippen LogP contribution is -2.25. The molecule has 0 radical (unpaired) electrons. The summed E-state index contributed by atoms with van der Waals surface area (Å²) in [5, 5.41) is 25.5. The summed E-state index contributed by atoms with van der Waals surface area (Å²) in [7, 11) is 0. The van der Waals surface area contributed by atoms with Gasteiger partial charge in [0, 0.05) is 6.54 Å². The first-order chi connectivity index (χ1) is 8.97. The Morgan fingerprint density at radius 2 is 2.37 bits per heavy atom. The number of nitrogens with zero attached hydrogens (tertiary/aromatic N) is 1. The molecule has 19 heavy (non-hydrogen) atoms. The maximum absolute atomic E-state index is 11.2. The molecule has 1 atom stereocenters. The molecule has 102 valence electrons. The molecule has 0 aromatic heterocycles. The van der Waals surface area contributed by atoms with E-state index in [1.807, 2.05) is 0 Å². The fraction of sp³-hybridized carbons (Fsp3) is 0.364. The molecule has 0 spiro atoms. The third-order valence-corrected chi connectivity index (χ3v) is 2.52. The molecular weight excluding hydrogens is 254 g/mol. The molecule has 1 aromatic carbocycles. The van der Waals surface area contributed by atoms with E-state index >= 15 is 0 Å². The second kappa shape index (κ2) is 5.11. The maximum atomic E-state index is 11.2. The quantitative estimate of drug-likeness (QED) is 0.547. The molecule has 0 saturated carbocycles. The number of ether oxygens (including phenoxy) is 1. The van der Waals surface area contributed by atoms with Crippen molar-refractivity contribution < 1.29 is 19.6 Å². The van der Waals surface area contributed by atoms with E-state index < -0.39 is 11.0 Å². The van der Waals surface area contributed by atoms with E-state index in [4.69, 9.17) is 4.74 Å². The number of nitro benzene ring substituents is 1. The summed E-state index contributed by atoms with van der Waals surface area (Å²) >= 11 is 0. The van der Waals surface area contributed by atoms with Crippen molar-refractivity contribution in [2.24, 2.45) is 0 Å². The molecule has 0 saturated heterocycles. The van der Waals surface area contributed by atoms with Crippen molar-refractivity contribution in [1.82, 2.24) is 0 Å². The van der Waals surface area contributed by atoms with Crippen LogP contribution in [0.3, 0.4) is 0 Å². The third-order valence-electron chi connectivity index (χ3n) is 2.52. The number of benzene rings is 1. The van der Waals surface area contributed by atoms with Gasteiger partial charge >= 0.3 is 0 Å². The molecule has 8 nitrogen and oxygen atoms in total. The van der Waals surface area contributed by atoms with E-state index in [2.05, 4.69) is 10.6 Å². The normalized spacial score (nSPS) is 14.9. The van der Waals surface area contributed by atoms with Gasteiger partial charge in [0.2, 0.25) is 0 Å². The average molecular weight is 267 g/mol. The Kier molecular flexibility index (Phi) is 3.52. The van der Waals surface area contributed by atoms with Crippen molar-refractivity contribution in [2.75, 3.05) is 23.8 Å². The zero-order chi connectivity index (χ0) is 14.0. The standard InChI is InChI=1S/C11H13N3O5/c1-6(15)4-12-7-2-8-10(3-9(7)14(17)18)19-5-11(16)13-8/h2-3,6,12,15H,4-5H2,1H3,(H,13,16). The molecule has 1 amide bonds. The largest absolute Gasteiger partial charge is 0.481 e. The highest BCUT2D eigenvalue weighted by atomic mass is 16.6. The van der Waals surface area contributed by atoms with Gasteiger partial charge in [-0.05, 0) is 13.0 Å². The molecule has 1 unspecified atom stereocenters. The number of hydrogen-bond donors (Lipinski definition) is 3. The molecule has 0 aliphatic carbocycles. The van der Waals surface area contributed by atoms with Gasteiger partial charge in [-0.3, -0.25) is 14.9 Å². The number of anilines is 2. The number of aliphatic hydroxyl groups is 1. The molecule has 0 fully saturated rings. The van der Waals surface area contributed by atoms with E-state index in [9.17, 15) is 20.0 Å². The number of amides is 1. The number of hydrogen-bond acceptors (Lipinski definition) is 6. The van der Waals surface area contributed by atoms with E-state index in [0.29, 0.717) is 5.69 Å². The first kappa shape index (κ1) is 13.1. The lowest BCUT2D eigenvalue weighted by atomic mass is 10.2. The van der Waals surface area contributed by atoms with Crippen LogP contribution < -0.4 is 15.4 Å². The number of rotatable bonds is 4. The molecule has 8 heteroatoms. The molecule has 3 N–H and O–H groups in total. The Bertz CT molecular complexity index is 529. The van der Waals surface area contributed by atoms with Crippen LogP contribution in [-0.2, 0) is 4.79 Å². The highest BCUT2D eigenvalue weighted by Crippen LogP contribution is 2.37. The molecule has 2 rings (SSSR count). The van der Waals surface area contributed by atoms with Crippen LogP contribution in [0.4, 0.5) is 17.1 Å². The summed E-state index contributed by atoms with van der Waals surface area (Å²) in [5.41, 5.74) is 0.418.